The molecule has 1 aliphatic heterocycles. The second kappa shape index (κ2) is 1.73. The normalized spacial score (nSPS) is 24.9. The van der Waals surface area contributed by atoms with E-state index < -0.39 is 0 Å². The van der Waals surface area contributed by atoms with Crippen LogP contribution in [0, 0.1) is 0 Å². The zero-order valence-electron chi connectivity index (χ0n) is 4.39. The van der Waals surface area contributed by atoms with E-state index in [1.165, 1.54) is 0 Å². The van der Waals surface area contributed by atoms with Crippen molar-refractivity contribution < 1.29 is 0 Å². The van der Waals surface area contributed by atoms with Crippen LogP contribution in [-0.2, 0) is 0 Å². The fraction of sp³-hybridized carbons (Fsp3) is 1.00. The molecule has 0 aromatic carbocycles. The summed E-state index contributed by atoms with van der Waals surface area (Å²) in [5, 5.41) is 3.46. The Hall–Kier alpha value is -0.200. The van der Waals surface area contributed by atoms with E-state index in [0.717, 1.165) is 0 Å². The van der Waals surface area contributed by atoms with Crippen LogP contribution < -0.4 is 16.5 Å². The van der Waals surface area contributed by atoms with Gasteiger partial charge in [-0.1, -0.05) is 5.23 Å². The van der Waals surface area contributed by atoms with Crippen molar-refractivity contribution in [1.29, 1.82) is 0 Å². The molecule has 42 valence electrons. The van der Waals surface area contributed by atoms with Crippen LogP contribution in [0.5, 0.6) is 0 Å². The highest BCUT2D eigenvalue weighted by atomic mass is 16.2. The number of rotatable bonds is 1. The van der Waals surface area contributed by atoms with Gasteiger partial charge in [0.05, 0.1) is 0 Å². The van der Waals surface area contributed by atoms with Gasteiger partial charge in [-0.3, -0.25) is 0 Å². The zero-order chi connectivity index (χ0) is 5.28. The molecule has 0 saturated carbocycles. The Morgan fingerprint density at radius 2 is 2.14 bits per heavy atom. The van der Waals surface area contributed by atoms with Crippen molar-refractivity contribution in [2.24, 2.45) is 0 Å². The lowest BCUT2D eigenvalue weighted by Gasteiger charge is -2.40. The second-order valence-electron chi connectivity index (χ2n) is 1.28. The molecule has 0 aromatic heterocycles. The molecule has 0 aliphatic carbocycles. The lowest BCUT2D eigenvalue weighted by Crippen LogP contribution is -2.76. The Kier molecular flexibility index (Phi) is 1.22. The average molecular weight is 103 g/mol. The van der Waals surface area contributed by atoms with E-state index >= 15 is 0 Å². The maximum absolute atomic E-state index is 2.84. The third kappa shape index (κ3) is 0.718. The molecule has 0 aromatic rings. The van der Waals surface area contributed by atoms with Crippen molar-refractivity contribution in [2.75, 3.05) is 14.1 Å². The fourth-order valence-corrected chi connectivity index (χ4v) is 0.406. The number of hydrazine groups is 5. The van der Waals surface area contributed by atoms with E-state index in [2.05, 4.69) is 16.5 Å². The molecular weight excluding hydrogens is 94.1 g/mol. The molecule has 1 rings (SSSR count). The molecule has 0 spiro atoms. The van der Waals surface area contributed by atoms with Gasteiger partial charge < -0.3 is 0 Å². The van der Waals surface area contributed by atoms with Gasteiger partial charge in [-0.25, -0.2) is 5.43 Å². The lowest BCUT2D eigenvalue weighted by molar-refractivity contribution is -0.262. The Morgan fingerprint density at radius 1 is 1.43 bits per heavy atom. The minimum absolute atomic E-state index is 1.69. The molecule has 5 heteroatoms. The first-order chi connectivity index (χ1) is 3.34. The summed E-state index contributed by atoms with van der Waals surface area (Å²) in [5.74, 6) is 0. The summed E-state index contributed by atoms with van der Waals surface area (Å²) in [7, 11) is 3.71. The highest BCUT2D eigenvalue weighted by molar-refractivity contribution is 4.34. The van der Waals surface area contributed by atoms with E-state index in [1.54, 1.807) is 10.3 Å². The van der Waals surface area contributed by atoms with Gasteiger partial charge in [0.15, 0.2) is 0 Å². The Morgan fingerprint density at radius 3 is 2.14 bits per heavy atom. The largest absolute Gasteiger partial charge is 0.228 e. The minimum Gasteiger partial charge on any atom is -0.228 e. The molecule has 7 heavy (non-hydrogen) atoms. The molecule has 0 radical (unpaired) electrons. The summed E-state index contributed by atoms with van der Waals surface area (Å²) in [6.45, 7) is 0. The van der Waals surface area contributed by atoms with Gasteiger partial charge in [0, 0.05) is 14.1 Å². The van der Waals surface area contributed by atoms with Gasteiger partial charge in [0.25, 0.3) is 0 Å². The monoisotopic (exact) mass is 103 g/mol. The van der Waals surface area contributed by atoms with Gasteiger partial charge in [0.1, 0.15) is 0 Å². The van der Waals surface area contributed by atoms with Crippen LogP contribution in [-0.4, -0.2) is 24.4 Å². The van der Waals surface area contributed by atoms with Crippen LogP contribution in [0.25, 0.3) is 0 Å². The number of hydrogen-bond acceptors (Lipinski definition) is 5. The first-order valence-electron chi connectivity index (χ1n) is 2.07. The SMILES string of the molecule is CNN1NNN1C. The third-order valence-electron chi connectivity index (χ3n) is 0.830. The molecule has 1 saturated heterocycles. The van der Waals surface area contributed by atoms with E-state index in [9.17, 15) is 0 Å². The maximum Gasteiger partial charge on any atom is 0.0219 e. The highest BCUT2D eigenvalue weighted by Gasteiger charge is 2.16. The van der Waals surface area contributed by atoms with Crippen molar-refractivity contribution in [2.45, 2.75) is 0 Å². The Balaban J connectivity index is 2.16. The number of nitrogens with one attached hydrogen (secondary N) is 3. The van der Waals surface area contributed by atoms with Crippen LogP contribution in [0.2, 0.25) is 0 Å². The van der Waals surface area contributed by atoms with Crippen molar-refractivity contribution in [3.8, 4) is 0 Å². The summed E-state index contributed by atoms with van der Waals surface area (Å²) in [4.78, 5) is 0. The van der Waals surface area contributed by atoms with Gasteiger partial charge in [-0.2, -0.15) is 5.53 Å². The number of nitrogens with zero attached hydrogens (tertiary/aromatic N) is 2. The van der Waals surface area contributed by atoms with Crippen molar-refractivity contribution in [3.05, 3.63) is 0 Å². The number of hydrogen-bond donors (Lipinski definition) is 3. The van der Waals surface area contributed by atoms with Crippen LogP contribution in [0.3, 0.4) is 0 Å². The Bertz CT molecular complexity index is 61.1. The van der Waals surface area contributed by atoms with Gasteiger partial charge >= 0.3 is 0 Å². The van der Waals surface area contributed by atoms with Gasteiger partial charge in [-0.15, -0.1) is 10.7 Å². The van der Waals surface area contributed by atoms with Crippen LogP contribution >= 0.6 is 0 Å². The predicted octanol–water partition coefficient (Wildman–Crippen LogP) is -1.79. The quantitative estimate of drug-likeness (QED) is 0.365. The van der Waals surface area contributed by atoms with E-state index in [4.69, 9.17) is 0 Å². The Labute approximate surface area is 42.1 Å². The summed E-state index contributed by atoms with van der Waals surface area (Å²) >= 11 is 0. The van der Waals surface area contributed by atoms with Crippen LogP contribution in [0.4, 0.5) is 0 Å². The first-order valence-corrected chi connectivity index (χ1v) is 2.07. The minimum atomic E-state index is 1.69. The lowest BCUT2D eigenvalue weighted by atomic mass is 11.3. The van der Waals surface area contributed by atoms with Crippen molar-refractivity contribution >= 4 is 0 Å². The van der Waals surface area contributed by atoms with Gasteiger partial charge in [-0.05, 0) is 0 Å². The van der Waals surface area contributed by atoms with Crippen molar-refractivity contribution in [1.82, 2.24) is 26.8 Å². The molecule has 0 unspecified atom stereocenters. The molecule has 1 fully saturated rings. The van der Waals surface area contributed by atoms with Crippen LogP contribution in [0.1, 0.15) is 0 Å². The fourth-order valence-electron chi connectivity index (χ4n) is 0.406. The third-order valence-corrected chi connectivity index (χ3v) is 0.830. The highest BCUT2D eigenvalue weighted by Crippen LogP contribution is 1.83. The second-order valence-corrected chi connectivity index (χ2v) is 1.28. The average Bonchev–Trinajstić information content (AvgIpc) is 1.65. The standard InChI is InChI=1S/C2H9N5/c1-3-7-5-4-6(7)2/h3-5H,1-2H3. The molecule has 1 aliphatic rings. The molecule has 0 atom stereocenters. The van der Waals surface area contributed by atoms with E-state index in [0.29, 0.717) is 0 Å². The van der Waals surface area contributed by atoms with Gasteiger partial charge in [0.2, 0.25) is 0 Å². The van der Waals surface area contributed by atoms with E-state index in [-0.39, 0.29) is 0 Å². The summed E-state index contributed by atoms with van der Waals surface area (Å²) in [6.07, 6.45) is 0. The van der Waals surface area contributed by atoms with Crippen LogP contribution in [0.15, 0.2) is 0 Å². The van der Waals surface area contributed by atoms with Crippen molar-refractivity contribution in [3.63, 3.8) is 0 Å². The smallest absolute Gasteiger partial charge is 0.0219 e. The molecule has 3 N–H and O–H groups in total. The van der Waals surface area contributed by atoms with E-state index in [1.807, 2.05) is 14.1 Å². The molecular formula is C2H9N5. The summed E-state index contributed by atoms with van der Waals surface area (Å²) < 4.78 is 0. The maximum atomic E-state index is 2.84. The molecule has 1 heterocycles. The predicted molar refractivity (Wildman–Crippen MR) is 24.9 cm³/mol. The summed E-state index contributed by atoms with van der Waals surface area (Å²) in [6, 6.07) is 0. The first kappa shape index (κ1) is 4.95. The molecule has 0 amide bonds. The molecule has 5 nitrogen and oxygen atoms in total. The zero-order valence-corrected chi connectivity index (χ0v) is 4.39. The molecule has 0 bridgehead atoms. The summed E-state index contributed by atoms with van der Waals surface area (Å²) in [5.41, 5.74) is 8.34. The topological polar surface area (TPSA) is 42.6 Å².